The van der Waals surface area contributed by atoms with Crippen molar-refractivity contribution in [1.29, 1.82) is 0 Å². The summed E-state index contributed by atoms with van der Waals surface area (Å²) in [6.45, 7) is -0.0911. The van der Waals surface area contributed by atoms with Crippen LogP contribution in [0, 0.1) is 0 Å². The van der Waals surface area contributed by atoms with Crippen molar-refractivity contribution in [2.24, 2.45) is 0 Å². The maximum atomic E-state index is 11.9. The number of aromatic nitrogens is 1. The van der Waals surface area contributed by atoms with E-state index < -0.39 is 16.1 Å². The van der Waals surface area contributed by atoms with Gasteiger partial charge in [0.05, 0.1) is 11.4 Å². The quantitative estimate of drug-likeness (QED) is 0.839. The van der Waals surface area contributed by atoms with Crippen LogP contribution in [0.4, 0.5) is 0 Å². The Morgan fingerprint density at radius 3 is 2.45 bits per heavy atom. The lowest BCUT2D eigenvalue weighted by atomic mass is 10.2. The normalized spacial score (nSPS) is 13.1. The van der Waals surface area contributed by atoms with Gasteiger partial charge in [0.25, 0.3) is 0 Å². The Morgan fingerprint density at radius 2 is 1.80 bits per heavy atom. The highest BCUT2D eigenvalue weighted by molar-refractivity contribution is 7.88. The van der Waals surface area contributed by atoms with Gasteiger partial charge in [-0.1, -0.05) is 36.4 Å². The summed E-state index contributed by atoms with van der Waals surface area (Å²) in [6, 6.07) is 14.0. The molecule has 0 aliphatic rings. The number of sulfonamides is 1. The highest BCUT2D eigenvalue weighted by Crippen LogP contribution is 2.09. The van der Waals surface area contributed by atoms with E-state index in [2.05, 4.69) is 9.71 Å². The Morgan fingerprint density at radius 1 is 1.10 bits per heavy atom. The summed E-state index contributed by atoms with van der Waals surface area (Å²) in [5, 5.41) is 9.86. The van der Waals surface area contributed by atoms with Crippen LogP contribution in [-0.2, 0) is 15.8 Å². The highest BCUT2D eigenvalue weighted by Gasteiger charge is 2.15. The van der Waals surface area contributed by atoms with Crippen molar-refractivity contribution in [3.63, 3.8) is 0 Å². The molecule has 1 atom stereocenters. The van der Waals surface area contributed by atoms with E-state index in [1.807, 2.05) is 6.07 Å². The minimum absolute atomic E-state index is 0.0911. The van der Waals surface area contributed by atoms with Crippen molar-refractivity contribution in [3.05, 3.63) is 66.0 Å². The molecular weight excluding hydrogens is 276 g/mol. The first-order valence-electron chi connectivity index (χ1n) is 6.17. The molecule has 0 bridgehead atoms. The monoisotopic (exact) mass is 292 g/mol. The van der Waals surface area contributed by atoms with Crippen molar-refractivity contribution >= 4 is 10.0 Å². The van der Waals surface area contributed by atoms with Crippen molar-refractivity contribution in [2.75, 3.05) is 6.54 Å². The number of hydrogen-bond acceptors (Lipinski definition) is 4. The molecule has 6 heteroatoms. The van der Waals surface area contributed by atoms with E-state index in [0.717, 1.165) is 0 Å². The molecule has 0 amide bonds. The van der Waals surface area contributed by atoms with Gasteiger partial charge in [0, 0.05) is 12.7 Å². The van der Waals surface area contributed by atoms with Crippen LogP contribution in [0.15, 0.2) is 54.7 Å². The van der Waals surface area contributed by atoms with E-state index in [4.69, 9.17) is 0 Å². The van der Waals surface area contributed by atoms with Crippen LogP contribution in [0.3, 0.4) is 0 Å². The number of aliphatic hydroxyl groups excluding tert-OH is 1. The van der Waals surface area contributed by atoms with Crippen molar-refractivity contribution in [1.82, 2.24) is 9.71 Å². The smallest absolute Gasteiger partial charge is 0.215 e. The van der Waals surface area contributed by atoms with Gasteiger partial charge in [-0.05, 0) is 17.7 Å². The van der Waals surface area contributed by atoms with E-state index in [0.29, 0.717) is 11.3 Å². The van der Waals surface area contributed by atoms with Crippen LogP contribution in [0.2, 0.25) is 0 Å². The summed E-state index contributed by atoms with van der Waals surface area (Å²) in [5.41, 5.74) is 1.14. The van der Waals surface area contributed by atoms with E-state index in [1.165, 1.54) is 0 Å². The standard InChI is InChI=1S/C14H16N2O3S/c17-14(13-8-4-5-9-15-13)10-16-20(18,19)11-12-6-2-1-3-7-12/h1-9,14,16-17H,10-11H2. The van der Waals surface area contributed by atoms with Crippen molar-refractivity contribution in [3.8, 4) is 0 Å². The lowest BCUT2D eigenvalue weighted by Gasteiger charge is -2.11. The zero-order valence-corrected chi connectivity index (χ0v) is 11.6. The second kappa shape index (κ2) is 6.60. The maximum Gasteiger partial charge on any atom is 0.215 e. The lowest BCUT2D eigenvalue weighted by Crippen LogP contribution is -2.29. The fraction of sp³-hybridized carbons (Fsp3) is 0.214. The Balaban J connectivity index is 1.93. The van der Waals surface area contributed by atoms with E-state index in [9.17, 15) is 13.5 Å². The van der Waals surface area contributed by atoms with Gasteiger partial charge >= 0.3 is 0 Å². The van der Waals surface area contributed by atoms with Crippen molar-refractivity contribution < 1.29 is 13.5 Å². The molecule has 1 heterocycles. The molecule has 0 radical (unpaired) electrons. The van der Waals surface area contributed by atoms with Gasteiger partial charge in [0.2, 0.25) is 10.0 Å². The average molecular weight is 292 g/mol. The number of nitrogens with one attached hydrogen (secondary N) is 1. The van der Waals surface area contributed by atoms with Crippen LogP contribution in [-0.4, -0.2) is 25.1 Å². The maximum absolute atomic E-state index is 11.9. The van der Waals surface area contributed by atoms with E-state index >= 15 is 0 Å². The first-order chi connectivity index (χ1) is 9.57. The molecule has 106 valence electrons. The molecule has 2 rings (SSSR count). The van der Waals surface area contributed by atoms with Crippen LogP contribution in [0.1, 0.15) is 17.4 Å². The molecule has 0 fully saturated rings. The summed E-state index contributed by atoms with van der Waals surface area (Å²) in [6.07, 6.45) is 0.596. The molecule has 2 N–H and O–H groups in total. The SMILES string of the molecule is O=S(=O)(Cc1ccccc1)NCC(O)c1ccccn1. The van der Waals surface area contributed by atoms with E-state index in [1.54, 1.807) is 48.7 Å². The topological polar surface area (TPSA) is 79.3 Å². The first-order valence-corrected chi connectivity index (χ1v) is 7.82. The molecule has 5 nitrogen and oxygen atoms in total. The van der Waals surface area contributed by atoms with Gasteiger partial charge < -0.3 is 5.11 Å². The molecule has 20 heavy (non-hydrogen) atoms. The number of pyridine rings is 1. The van der Waals surface area contributed by atoms with Gasteiger partial charge in [-0.25, -0.2) is 13.1 Å². The first kappa shape index (κ1) is 14.6. The molecule has 0 saturated heterocycles. The fourth-order valence-corrected chi connectivity index (χ4v) is 2.87. The predicted molar refractivity (Wildman–Crippen MR) is 76.3 cm³/mol. The summed E-state index contributed by atoms with van der Waals surface area (Å²) in [4.78, 5) is 3.98. The van der Waals surface area contributed by atoms with Crippen LogP contribution >= 0.6 is 0 Å². The van der Waals surface area contributed by atoms with E-state index in [-0.39, 0.29) is 12.3 Å². The number of hydrogen-bond donors (Lipinski definition) is 2. The van der Waals surface area contributed by atoms with Crippen LogP contribution in [0.25, 0.3) is 0 Å². The Kier molecular flexibility index (Phi) is 4.84. The van der Waals surface area contributed by atoms with Gasteiger partial charge in [-0.3, -0.25) is 4.98 Å². The Labute approximate surface area is 118 Å². The third kappa shape index (κ3) is 4.41. The predicted octanol–water partition coefficient (Wildman–Crippen LogP) is 1.23. The Hall–Kier alpha value is -1.76. The zero-order valence-electron chi connectivity index (χ0n) is 10.8. The molecule has 2 aromatic rings. The Bertz CT molecular complexity index is 630. The fourth-order valence-electron chi connectivity index (χ4n) is 1.73. The summed E-state index contributed by atoms with van der Waals surface area (Å²) in [5.74, 6) is -0.108. The van der Waals surface area contributed by atoms with Crippen LogP contribution < -0.4 is 4.72 Å². The second-order valence-electron chi connectivity index (χ2n) is 4.36. The molecular formula is C14H16N2O3S. The molecule has 1 aromatic carbocycles. The molecule has 1 unspecified atom stereocenters. The number of rotatable bonds is 6. The van der Waals surface area contributed by atoms with Gasteiger partial charge in [0.15, 0.2) is 0 Å². The molecule has 0 saturated carbocycles. The number of benzene rings is 1. The average Bonchev–Trinajstić information content (AvgIpc) is 2.46. The zero-order chi connectivity index (χ0) is 14.4. The van der Waals surface area contributed by atoms with Gasteiger partial charge in [-0.2, -0.15) is 0 Å². The molecule has 0 spiro atoms. The minimum atomic E-state index is -3.48. The third-order valence-electron chi connectivity index (χ3n) is 2.73. The number of nitrogens with zero attached hydrogens (tertiary/aromatic N) is 1. The third-order valence-corrected chi connectivity index (χ3v) is 4.05. The summed E-state index contributed by atoms with van der Waals surface area (Å²) < 4.78 is 26.2. The molecule has 0 aliphatic carbocycles. The molecule has 0 aliphatic heterocycles. The second-order valence-corrected chi connectivity index (χ2v) is 6.17. The van der Waals surface area contributed by atoms with Gasteiger partial charge in [-0.15, -0.1) is 0 Å². The largest absolute Gasteiger partial charge is 0.385 e. The lowest BCUT2D eigenvalue weighted by molar-refractivity contribution is 0.177. The van der Waals surface area contributed by atoms with Gasteiger partial charge in [0.1, 0.15) is 6.10 Å². The summed E-state index contributed by atoms with van der Waals surface area (Å²) in [7, 11) is -3.48. The number of aliphatic hydroxyl groups is 1. The molecule has 1 aromatic heterocycles. The van der Waals surface area contributed by atoms with Crippen molar-refractivity contribution in [2.45, 2.75) is 11.9 Å². The minimum Gasteiger partial charge on any atom is -0.385 e. The summed E-state index contributed by atoms with van der Waals surface area (Å²) >= 11 is 0. The highest BCUT2D eigenvalue weighted by atomic mass is 32.2. The van der Waals surface area contributed by atoms with Crippen LogP contribution in [0.5, 0.6) is 0 Å².